The summed E-state index contributed by atoms with van der Waals surface area (Å²) in [5, 5.41) is 3.07. The van der Waals surface area contributed by atoms with Crippen molar-refractivity contribution in [2.75, 3.05) is 24.6 Å². The second-order valence-electron chi connectivity index (χ2n) is 5.09. The van der Waals surface area contributed by atoms with Crippen molar-refractivity contribution in [2.24, 2.45) is 0 Å². The molecule has 112 valence electrons. The van der Waals surface area contributed by atoms with Crippen molar-refractivity contribution in [1.82, 2.24) is 9.36 Å². The monoisotopic (exact) mass is 329 g/mol. The Morgan fingerprint density at radius 1 is 1.14 bits per heavy atom. The summed E-state index contributed by atoms with van der Waals surface area (Å²) < 4.78 is 10.4. The number of thiophene rings is 1. The van der Waals surface area contributed by atoms with Crippen LogP contribution in [-0.2, 0) is 4.74 Å². The van der Waals surface area contributed by atoms with E-state index in [1.807, 2.05) is 30.3 Å². The number of rotatable bonds is 3. The van der Waals surface area contributed by atoms with Gasteiger partial charge >= 0.3 is 0 Å². The largest absolute Gasteiger partial charge is 0.369 e. The first-order chi connectivity index (χ1) is 10.9. The third-order valence-corrected chi connectivity index (χ3v) is 5.39. The topological polar surface area (TPSA) is 38.2 Å². The number of benzene rings is 1. The van der Waals surface area contributed by atoms with Crippen LogP contribution in [0.4, 0.5) is 5.13 Å². The van der Waals surface area contributed by atoms with Crippen LogP contribution in [0.15, 0.2) is 47.8 Å². The molecule has 1 fully saturated rings. The van der Waals surface area contributed by atoms with Gasteiger partial charge in [-0.05, 0) is 11.4 Å². The van der Waals surface area contributed by atoms with Crippen molar-refractivity contribution in [1.29, 1.82) is 0 Å². The van der Waals surface area contributed by atoms with Crippen LogP contribution in [0.5, 0.6) is 0 Å². The first-order valence-electron chi connectivity index (χ1n) is 7.19. The first-order valence-corrected chi connectivity index (χ1v) is 8.84. The molecule has 0 aliphatic carbocycles. The molecule has 1 atom stereocenters. The molecular formula is C16H15N3OS2. The van der Waals surface area contributed by atoms with E-state index < -0.39 is 0 Å². The van der Waals surface area contributed by atoms with Crippen molar-refractivity contribution in [2.45, 2.75) is 6.10 Å². The Hall–Kier alpha value is -1.76. The molecule has 6 heteroatoms. The van der Waals surface area contributed by atoms with Gasteiger partial charge in [-0.2, -0.15) is 9.36 Å². The van der Waals surface area contributed by atoms with Gasteiger partial charge in [0.2, 0.25) is 5.13 Å². The lowest BCUT2D eigenvalue weighted by Crippen LogP contribution is -2.38. The van der Waals surface area contributed by atoms with E-state index in [4.69, 9.17) is 9.72 Å². The van der Waals surface area contributed by atoms with Crippen molar-refractivity contribution in [3.8, 4) is 11.4 Å². The van der Waals surface area contributed by atoms with Crippen molar-refractivity contribution in [3.63, 3.8) is 0 Å². The second-order valence-corrected chi connectivity index (χ2v) is 6.80. The summed E-state index contributed by atoms with van der Waals surface area (Å²) in [5.41, 5.74) is 1.06. The van der Waals surface area contributed by atoms with Gasteiger partial charge in [-0.15, -0.1) is 11.3 Å². The molecule has 1 unspecified atom stereocenters. The molecule has 4 nitrogen and oxygen atoms in total. The van der Waals surface area contributed by atoms with Crippen LogP contribution in [0.1, 0.15) is 11.0 Å². The minimum Gasteiger partial charge on any atom is -0.369 e. The highest BCUT2D eigenvalue weighted by Crippen LogP contribution is 2.30. The molecule has 1 aliphatic rings. The molecule has 1 aliphatic heterocycles. The molecule has 1 saturated heterocycles. The maximum Gasteiger partial charge on any atom is 0.205 e. The van der Waals surface area contributed by atoms with Gasteiger partial charge in [-0.3, -0.25) is 0 Å². The van der Waals surface area contributed by atoms with Crippen LogP contribution in [0.2, 0.25) is 0 Å². The zero-order chi connectivity index (χ0) is 14.8. The van der Waals surface area contributed by atoms with Crippen LogP contribution >= 0.6 is 22.9 Å². The maximum absolute atomic E-state index is 5.89. The van der Waals surface area contributed by atoms with Crippen molar-refractivity contribution < 1.29 is 4.74 Å². The van der Waals surface area contributed by atoms with E-state index in [1.165, 1.54) is 16.4 Å². The van der Waals surface area contributed by atoms with Gasteiger partial charge in [-0.1, -0.05) is 36.4 Å². The molecule has 0 saturated carbocycles. The lowest BCUT2D eigenvalue weighted by molar-refractivity contribution is 0.0421. The maximum atomic E-state index is 5.89. The highest BCUT2D eigenvalue weighted by Gasteiger charge is 2.25. The Kier molecular flexibility index (Phi) is 3.88. The average Bonchev–Trinajstić information content (AvgIpc) is 3.28. The molecule has 1 aromatic carbocycles. The molecule has 0 spiro atoms. The Labute approximate surface area is 137 Å². The number of hydrogen-bond donors (Lipinski definition) is 0. The predicted molar refractivity (Wildman–Crippen MR) is 90.6 cm³/mol. The van der Waals surface area contributed by atoms with Gasteiger partial charge in [0.05, 0.1) is 13.2 Å². The molecule has 3 heterocycles. The fraction of sp³-hybridized carbons (Fsp3) is 0.250. The lowest BCUT2D eigenvalue weighted by Gasteiger charge is -2.31. The van der Waals surface area contributed by atoms with Crippen LogP contribution < -0.4 is 4.90 Å². The number of hydrogen-bond acceptors (Lipinski definition) is 6. The quantitative estimate of drug-likeness (QED) is 0.732. The highest BCUT2D eigenvalue weighted by atomic mass is 32.1. The van der Waals surface area contributed by atoms with Gasteiger partial charge in [0, 0.05) is 28.5 Å². The van der Waals surface area contributed by atoms with E-state index in [0.29, 0.717) is 0 Å². The normalized spacial score (nSPS) is 18.5. The number of nitrogens with zero attached hydrogens (tertiary/aromatic N) is 3. The minimum absolute atomic E-state index is 0.137. The highest BCUT2D eigenvalue weighted by molar-refractivity contribution is 7.10. The standard InChI is InChI=1S/C16H15N3OS2/c1-2-5-12(6-3-1)15-17-16(22-18-15)19-8-9-20-13(11-19)14-7-4-10-21-14/h1-7,10,13H,8-9,11H2. The molecular weight excluding hydrogens is 314 g/mol. The Morgan fingerprint density at radius 2 is 2.05 bits per heavy atom. The number of morpholine rings is 1. The fourth-order valence-electron chi connectivity index (χ4n) is 2.52. The Balaban J connectivity index is 1.53. The molecule has 22 heavy (non-hydrogen) atoms. The zero-order valence-electron chi connectivity index (χ0n) is 11.9. The summed E-state index contributed by atoms with van der Waals surface area (Å²) in [6, 6.07) is 14.3. The molecule has 4 rings (SSSR count). The van der Waals surface area contributed by atoms with E-state index in [0.717, 1.165) is 36.2 Å². The third kappa shape index (κ3) is 2.77. The summed E-state index contributed by atoms with van der Waals surface area (Å²) in [6.45, 7) is 2.43. The average molecular weight is 329 g/mol. The van der Waals surface area contributed by atoms with E-state index >= 15 is 0 Å². The minimum atomic E-state index is 0.137. The first kappa shape index (κ1) is 13.9. The number of anilines is 1. The van der Waals surface area contributed by atoms with E-state index in [2.05, 4.69) is 26.8 Å². The fourth-order valence-corrected chi connectivity index (χ4v) is 4.01. The molecule has 0 N–H and O–H groups in total. The van der Waals surface area contributed by atoms with Crippen LogP contribution in [0, 0.1) is 0 Å². The third-order valence-electron chi connectivity index (χ3n) is 3.64. The molecule has 3 aromatic rings. The lowest BCUT2D eigenvalue weighted by atomic mass is 10.2. The number of aromatic nitrogens is 2. The summed E-state index contributed by atoms with van der Waals surface area (Å²) >= 11 is 3.21. The van der Waals surface area contributed by atoms with Gasteiger partial charge in [0.15, 0.2) is 5.82 Å². The van der Waals surface area contributed by atoms with Crippen LogP contribution in [-0.4, -0.2) is 29.1 Å². The van der Waals surface area contributed by atoms with Crippen LogP contribution in [0.25, 0.3) is 11.4 Å². The summed E-state index contributed by atoms with van der Waals surface area (Å²) in [4.78, 5) is 8.25. The van der Waals surface area contributed by atoms with Gasteiger partial charge in [-0.25, -0.2) is 0 Å². The summed E-state index contributed by atoms with van der Waals surface area (Å²) in [7, 11) is 0. The SMILES string of the molecule is c1ccc(-c2nsc(N3CCOC(c4cccs4)C3)n2)cc1. The predicted octanol–water partition coefficient (Wildman–Crippen LogP) is 3.84. The van der Waals surface area contributed by atoms with Crippen LogP contribution in [0.3, 0.4) is 0 Å². The van der Waals surface area contributed by atoms with E-state index in [9.17, 15) is 0 Å². The second kappa shape index (κ2) is 6.16. The van der Waals surface area contributed by atoms with Crippen molar-refractivity contribution in [3.05, 3.63) is 52.7 Å². The van der Waals surface area contributed by atoms with E-state index in [1.54, 1.807) is 11.3 Å². The Bertz CT molecular complexity index is 727. The van der Waals surface area contributed by atoms with Gasteiger partial charge < -0.3 is 9.64 Å². The van der Waals surface area contributed by atoms with Gasteiger partial charge in [0.25, 0.3) is 0 Å². The molecule has 0 bridgehead atoms. The molecule has 0 radical (unpaired) electrons. The summed E-state index contributed by atoms with van der Waals surface area (Å²) in [5.74, 6) is 0.805. The molecule has 2 aromatic heterocycles. The van der Waals surface area contributed by atoms with E-state index in [-0.39, 0.29) is 6.10 Å². The van der Waals surface area contributed by atoms with Gasteiger partial charge in [0.1, 0.15) is 6.10 Å². The smallest absolute Gasteiger partial charge is 0.205 e. The zero-order valence-corrected chi connectivity index (χ0v) is 13.5. The van der Waals surface area contributed by atoms with Crippen molar-refractivity contribution >= 4 is 28.0 Å². The number of ether oxygens (including phenoxy) is 1. The Morgan fingerprint density at radius 3 is 2.86 bits per heavy atom. The molecule has 0 amide bonds. The summed E-state index contributed by atoms with van der Waals surface area (Å²) in [6.07, 6.45) is 0.137.